The lowest BCUT2D eigenvalue weighted by atomic mass is 9.81. The van der Waals surface area contributed by atoms with E-state index in [1.54, 1.807) is 13.8 Å². The van der Waals surface area contributed by atoms with Gasteiger partial charge in [0.05, 0.1) is 37.0 Å². The van der Waals surface area contributed by atoms with Crippen molar-refractivity contribution in [2.45, 2.75) is 57.2 Å². The second-order valence-electron chi connectivity index (χ2n) is 11.1. The Morgan fingerprint density at radius 2 is 2.00 bits per heavy atom. The molecule has 238 valence electrons. The highest BCUT2D eigenvalue weighted by Crippen LogP contribution is 2.51. The fourth-order valence-electron chi connectivity index (χ4n) is 4.66. The summed E-state index contributed by atoms with van der Waals surface area (Å²) in [4.78, 5) is 16.2. The quantitative estimate of drug-likeness (QED) is 0.147. The summed E-state index contributed by atoms with van der Waals surface area (Å²) in [6.45, 7) is 3.70. The molecule has 0 amide bonds. The molecule has 1 fully saturated rings. The molecule has 0 aliphatic carbocycles. The Kier molecular flexibility index (Phi) is 10.5. The fraction of sp³-hybridized carbons (Fsp3) is 0.500. The number of carbonyl (C=O) groups excluding carboxylic acids is 1. The molecule has 5 N–H and O–H groups in total. The number of nitrogen functional groups attached to an aromatic ring is 1. The molecule has 44 heavy (non-hydrogen) atoms. The number of hydrogen-bond acceptors (Lipinski definition) is 12. The summed E-state index contributed by atoms with van der Waals surface area (Å²) in [5, 5.41) is 37.2. The molecule has 1 saturated heterocycles. The number of aromatic nitrogens is 3. The summed E-state index contributed by atoms with van der Waals surface area (Å²) in [5.74, 6) is 0.263. The zero-order valence-corrected chi connectivity index (χ0v) is 26.3. The van der Waals surface area contributed by atoms with Crippen LogP contribution >= 0.6 is 19.5 Å². The number of thioether (sulfide) groups is 1. The molecular weight excluding hydrogens is 614 g/mol. The van der Waals surface area contributed by atoms with Gasteiger partial charge in [0.15, 0.2) is 16.6 Å². The number of carbonyl (C=O) groups is 1. The molecule has 0 radical (unpaired) electrons. The van der Waals surface area contributed by atoms with Crippen molar-refractivity contribution in [1.29, 1.82) is 5.26 Å². The summed E-state index contributed by atoms with van der Waals surface area (Å²) >= 11 is 0.937. The number of aliphatic hydroxyl groups is 2. The molecule has 0 bridgehead atoms. The first-order valence-electron chi connectivity index (χ1n) is 13.8. The van der Waals surface area contributed by atoms with Gasteiger partial charge in [0.25, 0.3) is 0 Å². The van der Waals surface area contributed by atoms with Crippen LogP contribution in [0, 0.1) is 16.7 Å². The SMILES string of the molecule is CC(C)(CO)C(=O)SCCOP(=O)(NCc1ccccc1)OCCC1OC(C#N)(c2ccc3c(N)ncnn23)C(C)(F)C1O. The van der Waals surface area contributed by atoms with Crippen LogP contribution in [0.15, 0.2) is 48.8 Å². The zero-order valence-electron chi connectivity index (χ0n) is 24.6. The van der Waals surface area contributed by atoms with Gasteiger partial charge in [-0.1, -0.05) is 42.1 Å². The Bertz CT molecular complexity index is 1550. The summed E-state index contributed by atoms with van der Waals surface area (Å²) < 4.78 is 48.3. The van der Waals surface area contributed by atoms with Crippen LogP contribution in [0.5, 0.6) is 0 Å². The van der Waals surface area contributed by atoms with E-state index in [-0.39, 0.29) is 55.2 Å². The molecule has 0 spiro atoms. The minimum Gasteiger partial charge on any atom is -0.395 e. The summed E-state index contributed by atoms with van der Waals surface area (Å²) in [5.41, 5.74) is 1.28. The Morgan fingerprint density at radius 1 is 1.30 bits per heavy atom. The maximum absolute atomic E-state index is 16.3. The topological polar surface area (TPSA) is 194 Å². The average Bonchev–Trinajstić information content (AvgIpc) is 3.53. The molecule has 1 aromatic carbocycles. The number of benzene rings is 1. The number of alkyl halides is 1. The van der Waals surface area contributed by atoms with Crippen LogP contribution in [0.2, 0.25) is 0 Å². The summed E-state index contributed by atoms with van der Waals surface area (Å²) in [6.07, 6.45) is -1.98. The molecule has 4 rings (SSSR count). The highest BCUT2D eigenvalue weighted by molar-refractivity contribution is 8.13. The standard InChI is InChI=1S/C28H36FN6O7PS/c1-26(2,17-36)25(38)44-14-13-41-43(39,34-15-19-7-5-4-6-8-19)40-12-11-21-23(37)27(3,29)28(16-30,42-21)22-10-9-20-24(31)32-18-33-35(20)22/h4-10,18,21,23,36-37H,11-15,17H2,1-3H3,(H,34,39)(H2,31,32,33). The predicted octanol–water partition coefficient (Wildman–Crippen LogP) is 3.12. The number of ether oxygens (including phenoxy) is 1. The normalized spacial score (nSPS) is 25.1. The second kappa shape index (κ2) is 13.6. The molecule has 1 aliphatic heterocycles. The van der Waals surface area contributed by atoms with E-state index in [1.165, 1.54) is 16.6 Å². The molecule has 16 heteroatoms. The highest BCUT2D eigenvalue weighted by Gasteiger charge is 2.67. The molecule has 3 aromatic rings. The monoisotopic (exact) mass is 650 g/mol. The van der Waals surface area contributed by atoms with Gasteiger partial charge in [-0.15, -0.1) is 0 Å². The lowest BCUT2D eigenvalue weighted by molar-refractivity contribution is -0.119. The smallest absolute Gasteiger partial charge is 0.395 e. The molecule has 13 nitrogen and oxygen atoms in total. The molecule has 2 aromatic heterocycles. The van der Waals surface area contributed by atoms with Crippen LogP contribution in [-0.2, 0) is 35.3 Å². The lowest BCUT2D eigenvalue weighted by Crippen LogP contribution is -2.48. The van der Waals surface area contributed by atoms with Gasteiger partial charge in [-0.2, -0.15) is 10.4 Å². The summed E-state index contributed by atoms with van der Waals surface area (Å²) in [6, 6.07) is 14.0. The van der Waals surface area contributed by atoms with Crippen molar-refractivity contribution in [2.24, 2.45) is 5.41 Å². The van der Waals surface area contributed by atoms with Crippen LogP contribution in [0.25, 0.3) is 5.52 Å². The van der Waals surface area contributed by atoms with Crippen molar-refractivity contribution in [3.05, 3.63) is 60.0 Å². The molecule has 1 aliphatic rings. The van der Waals surface area contributed by atoms with E-state index in [4.69, 9.17) is 19.5 Å². The van der Waals surface area contributed by atoms with E-state index in [1.807, 2.05) is 36.4 Å². The number of nitrogens with zero attached hydrogens (tertiary/aromatic N) is 4. The minimum atomic E-state index is -3.98. The first-order valence-corrected chi connectivity index (χ1v) is 16.3. The second-order valence-corrected chi connectivity index (χ2v) is 14.0. The number of halogens is 1. The van der Waals surface area contributed by atoms with E-state index < -0.39 is 36.6 Å². The van der Waals surface area contributed by atoms with E-state index in [0.717, 1.165) is 30.6 Å². The van der Waals surface area contributed by atoms with Gasteiger partial charge in [0.2, 0.25) is 5.60 Å². The van der Waals surface area contributed by atoms with Gasteiger partial charge >= 0.3 is 7.75 Å². The van der Waals surface area contributed by atoms with E-state index >= 15 is 4.39 Å². The fourth-order valence-corrected chi connectivity index (χ4v) is 6.90. The maximum atomic E-state index is 16.3. The van der Waals surface area contributed by atoms with Gasteiger partial charge in [0.1, 0.15) is 24.0 Å². The van der Waals surface area contributed by atoms with Crippen molar-refractivity contribution in [1.82, 2.24) is 19.7 Å². The lowest BCUT2D eigenvalue weighted by Gasteiger charge is -2.30. The first kappa shape index (κ1) is 34.0. The number of nitriles is 1. The van der Waals surface area contributed by atoms with E-state index in [2.05, 4.69) is 15.2 Å². The van der Waals surface area contributed by atoms with Gasteiger partial charge in [-0.3, -0.25) is 13.8 Å². The van der Waals surface area contributed by atoms with Crippen LogP contribution in [-0.4, -0.2) is 73.4 Å². The molecule has 3 heterocycles. The largest absolute Gasteiger partial charge is 0.405 e. The number of nitrogens with one attached hydrogen (secondary N) is 1. The van der Waals surface area contributed by atoms with Crippen molar-refractivity contribution in [3.63, 3.8) is 0 Å². The van der Waals surface area contributed by atoms with Crippen LogP contribution in [0.1, 0.15) is 38.4 Å². The van der Waals surface area contributed by atoms with Crippen LogP contribution in [0.4, 0.5) is 10.2 Å². The van der Waals surface area contributed by atoms with Crippen molar-refractivity contribution >= 4 is 36.0 Å². The summed E-state index contributed by atoms with van der Waals surface area (Å²) in [7, 11) is -3.98. The van der Waals surface area contributed by atoms with Gasteiger partial charge in [-0.05, 0) is 38.5 Å². The molecule has 5 unspecified atom stereocenters. The maximum Gasteiger partial charge on any atom is 0.405 e. The zero-order chi connectivity index (χ0) is 32.2. The average molecular weight is 651 g/mol. The molecular formula is C28H36FN6O7PS. The van der Waals surface area contributed by atoms with Crippen molar-refractivity contribution in [3.8, 4) is 6.07 Å². The first-order chi connectivity index (χ1) is 20.8. The number of nitrogens with two attached hydrogens (primary N) is 1. The number of fused-ring (bicyclic) bond motifs is 1. The third-order valence-corrected chi connectivity index (χ3v) is 10.2. The van der Waals surface area contributed by atoms with Crippen molar-refractivity contribution in [2.75, 3.05) is 31.3 Å². The third kappa shape index (κ3) is 6.83. The predicted molar refractivity (Wildman–Crippen MR) is 161 cm³/mol. The van der Waals surface area contributed by atoms with E-state index in [0.29, 0.717) is 5.52 Å². The van der Waals surface area contributed by atoms with Gasteiger partial charge in [0, 0.05) is 18.7 Å². The number of aliphatic hydroxyl groups excluding tert-OH is 2. The number of anilines is 1. The molecule has 0 saturated carbocycles. The highest BCUT2D eigenvalue weighted by atomic mass is 32.2. The minimum absolute atomic E-state index is 0.0199. The third-order valence-electron chi connectivity index (χ3n) is 7.43. The molecule has 5 atom stereocenters. The number of rotatable bonds is 14. The Hall–Kier alpha value is -2.93. The Balaban J connectivity index is 1.45. The van der Waals surface area contributed by atoms with E-state index in [9.17, 15) is 24.8 Å². The van der Waals surface area contributed by atoms with Crippen molar-refractivity contribution < 1.29 is 37.7 Å². The van der Waals surface area contributed by atoms with Crippen LogP contribution in [0.3, 0.4) is 0 Å². The van der Waals surface area contributed by atoms with Crippen LogP contribution < -0.4 is 10.8 Å². The number of hydrogen-bond donors (Lipinski definition) is 4. The van der Waals surface area contributed by atoms with Gasteiger partial charge in [-0.25, -0.2) is 23.5 Å². The Labute approximate surface area is 258 Å². The van der Waals surface area contributed by atoms with Gasteiger partial charge < -0.3 is 20.7 Å². The Morgan fingerprint density at radius 3 is 2.68 bits per heavy atom.